The minimum atomic E-state index is -5.08. The summed E-state index contributed by atoms with van der Waals surface area (Å²) in [6.45, 7) is 4.94. The molecule has 0 fully saturated rings. The molecule has 2 aromatic heterocycles. The normalized spacial score (nSPS) is 14.3. The van der Waals surface area contributed by atoms with Crippen LogP contribution in [0.1, 0.15) is 53.9 Å². The second kappa shape index (κ2) is 12.1. The molecule has 1 atom stereocenters. The quantitative estimate of drug-likeness (QED) is 0.381. The molecule has 1 aliphatic heterocycles. The van der Waals surface area contributed by atoms with Crippen LogP contribution in [0.5, 0.6) is 0 Å². The summed E-state index contributed by atoms with van der Waals surface area (Å²) < 4.78 is 37.2. The lowest BCUT2D eigenvalue weighted by Crippen LogP contribution is -2.28. The Balaban J connectivity index is 0.000000505. The van der Waals surface area contributed by atoms with Gasteiger partial charge in [-0.05, 0) is 42.9 Å². The van der Waals surface area contributed by atoms with Crippen LogP contribution >= 0.6 is 0 Å². The molecule has 0 radical (unpaired) electrons. The topological polar surface area (TPSA) is 138 Å². The molecular weight excluding hydrogens is 505 g/mol. The number of carbonyl (C=O) groups is 2. The van der Waals surface area contributed by atoms with Gasteiger partial charge >= 0.3 is 18.1 Å². The Morgan fingerprint density at radius 3 is 2.42 bits per heavy atom. The van der Waals surface area contributed by atoms with Crippen molar-refractivity contribution in [2.24, 2.45) is 0 Å². The number of alkyl halides is 3. The number of nitrogens with one attached hydrogen (secondary N) is 1. The van der Waals surface area contributed by atoms with Gasteiger partial charge < -0.3 is 20.1 Å². The van der Waals surface area contributed by atoms with Gasteiger partial charge in [-0.15, -0.1) is 0 Å². The van der Waals surface area contributed by atoms with Crippen molar-refractivity contribution in [2.45, 2.75) is 64.0 Å². The molecule has 3 N–H and O–H groups in total. The molecule has 0 amide bonds. The van der Waals surface area contributed by atoms with Crippen molar-refractivity contribution in [1.29, 1.82) is 0 Å². The number of halogens is 3. The molecule has 9 nitrogen and oxygen atoms in total. The van der Waals surface area contributed by atoms with E-state index in [1.165, 1.54) is 11.1 Å². The van der Waals surface area contributed by atoms with E-state index in [-0.39, 0.29) is 6.42 Å². The Labute approximate surface area is 217 Å². The Hall–Kier alpha value is -3.96. The Morgan fingerprint density at radius 1 is 1.11 bits per heavy atom. The number of aliphatic carboxylic acids is 2. The Kier molecular flexibility index (Phi) is 9.08. The average Bonchev–Trinajstić information content (AvgIpc) is 3.29. The average molecular weight is 535 g/mol. The Bertz CT molecular complexity index is 1260. The summed E-state index contributed by atoms with van der Waals surface area (Å²) in [5, 5.41) is 24.1. The maximum absolute atomic E-state index is 11.5. The first-order valence-electron chi connectivity index (χ1n) is 12.0. The van der Waals surface area contributed by atoms with Gasteiger partial charge in [0.25, 0.3) is 0 Å². The first-order chi connectivity index (χ1) is 17.9. The van der Waals surface area contributed by atoms with Crippen molar-refractivity contribution in [1.82, 2.24) is 15.1 Å². The van der Waals surface area contributed by atoms with Gasteiger partial charge in [-0.2, -0.15) is 18.2 Å². The Morgan fingerprint density at radius 2 is 1.79 bits per heavy atom. The molecule has 1 aromatic carbocycles. The van der Waals surface area contributed by atoms with Gasteiger partial charge in [-0.3, -0.25) is 4.79 Å². The fraction of sp³-hybridized carbons (Fsp3) is 0.423. The van der Waals surface area contributed by atoms with E-state index in [1.807, 2.05) is 44.2 Å². The molecule has 204 valence electrons. The molecular formula is C26H29F3N4O5. The zero-order valence-corrected chi connectivity index (χ0v) is 21.0. The maximum atomic E-state index is 11.5. The number of nitrogens with zero attached hydrogens (tertiary/aromatic N) is 3. The van der Waals surface area contributed by atoms with Gasteiger partial charge in [0, 0.05) is 30.5 Å². The highest BCUT2D eigenvalue weighted by atomic mass is 19.4. The van der Waals surface area contributed by atoms with Crippen LogP contribution in [-0.2, 0) is 40.7 Å². The molecule has 1 unspecified atom stereocenters. The molecule has 0 aliphatic carbocycles. The summed E-state index contributed by atoms with van der Waals surface area (Å²) >= 11 is 0. The van der Waals surface area contributed by atoms with Crippen LogP contribution in [0, 0.1) is 6.92 Å². The van der Waals surface area contributed by atoms with Crippen molar-refractivity contribution in [2.75, 3.05) is 11.9 Å². The fourth-order valence-corrected chi connectivity index (χ4v) is 4.26. The summed E-state index contributed by atoms with van der Waals surface area (Å²) in [5.74, 6) is -1.50. The number of anilines is 1. The summed E-state index contributed by atoms with van der Waals surface area (Å²) in [5.41, 5.74) is 3.82. The lowest BCUT2D eigenvalue weighted by Gasteiger charge is -2.26. The molecule has 0 saturated heterocycles. The highest BCUT2D eigenvalue weighted by Crippen LogP contribution is 2.31. The molecule has 3 heterocycles. The van der Waals surface area contributed by atoms with Crippen molar-refractivity contribution in [3.05, 3.63) is 70.5 Å². The number of fused-ring (bicyclic) bond motifs is 1. The van der Waals surface area contributed by atoms with Crippen molar-refractivity contribution < 1.29 is 37.5 Å². The second-order valence-corrected chi connectivity index (χ2v) is 9.35. The zero-order chi connectivity index (χ0) is 27.9. The largest absolute Gasteiger partial charge is 0.490 e. The molecule has 38 heavy (non-hydrogen) atoms. The van der Waals surface area contributed by atoms with Gasteiger partial charge in [0.2, 0.25) is 5.89 Å². The van der Waals surface area contributed by atoms with E-state index in [9.17, 15) is 23.1 Å². The van der Waals surface area contributed by atoms with Gasteiger partial charge in [0.15, 0.2) is 5.82 Å². The van der Waals surface area contributed by atoms with Crippen molar-refractivity contribution >= 4 is 17.8 Å². The summed E-state index contributed by atoms with van der Waals surface area (Å²) in [4.78, 5) is 29.7. The maximum Gasteiger partial charge on any atom is 0.490 e. The first-order valence-corrected chi connectivity index (χ1v) is 12.0. The van der Waals surface area contributed by atoms with E-state index >= 15 is 0 Å². The van der Waals surface area contributed by atoms with Gasteiger partial charge in [0.05, 0.1) is 6.42 Å². The minimum Gasteiger partial charge on any atom is -0.481 e. The number of pyridine rings is 1. The number of rotatable bonds is 8. The number of aryl methyl sites for hydroxylation is 4. The predicted molar refractivity (Wildman–Crippen MR) is 131 cm³/mol. The molecule has 0 saturated carbocycles. The number of hydrogen-bond donors (Lipinski definition) is 3. The monoisotopic (exact) mass is 534 g/mol. The van der Waals surface area contributed by atoms with Crippen LogP contribution in [-0.4, -0.2) is 50.0 Å². The zero-order valence-electron chi connectivity index (χ0n) is 21.0. The van der Waals surface area contributed by atoms with Gasteiger partial charge in [0.1, 0.15) is 5.82 Å². The van der Waals surface area contributed by atoms with E-state index in [4.69, 9.17) is 19.4 Å². The van der Waals surface area contributed by atoms with E-state index in [0.717, 1.165) is 42.9 Å². The van der Waals surface area contributed by atoms with Crippen LogP contribution in [0.25, 0.3) is 0 Å². The number of benzene rings is 1. The highest BCUT2D eigenvalue weighted by Gasteiger charge is 2.38. The van der Waals surface area contributed by atoms with Crippen LogP contribution in [0.3, 0.4) is 0 Å². The number of carboxylic acid groups (broad SMARTS) is 2. The van der Waals surface area contributed by atoms with Crippen molar-refractivity contribution in [3.63, 3.8) is 0 Å². The summed E-state index contributed by atoms with van der Waals surface area (Å²) in [7, 11) is 0. The van der Waals surface area contributed by atoms with E-state index in [0.29, 0.717) is 24.6 Å². The lowest BCUT2D eigenvalue weighted by atomic mass is 9.76. The fourth-order valence-electron chi connectivity index (χ4n) is 4.26. The summed E-state index contributed by atoms with van der Waals surface area (Å²) in [6, 6.07) is 11.9. The third-order valence-electron chi connectivity index (χ3n) is 6.24. The third-order valence-corrected chi connectivity index (χ3v) is 6.24. The molecule has 0 bridgehead atoms. The first kappa shape index (κ1) is 28.6. The van der Waals surface area contributed by atoms with E-state index in [2.05, 4.69) is 21.5 Å². The highest BCUT2D eigenvalue weighted by molar-refractivity contribution is 5.73. The SMILES string of the molecule is Cc1nc2c(cc1CCc1noc(CC(C)(CC(=O)O)c3ccccc3)n1)CCCN2.O=C(O)C(F)(F)F. The predicted octanol–water partition coefficient (Wildman–Crippen LogP) is 4.52. The summed E-state index contributed by atoms with van der Waals surface area (Å²) in [6.07, 6.45) is -1.10. The molecule has 12 heteroatoms. The standard InChI is InChI=1S/C24H28N4O3.C2HF3O2/c1-16-17(13-18-7-6-12-25-23(18)26-16)10-11-20-27-21(31-28-20)14-24(2,15-22(29)30)19-8-4-3-5-9-19;3-2(4,5)1(6)7/h3-5,8-9,13H,6-7,10-12,14-15H2,1-2H3,(H,25,26)(H,29,30);(H,6,7). The van der Waals surface area contributed by atoms with Gasteiger partial charge in [-0.1, -0.05) is 48.5 Å². The molecule has 0 spiro atoms. The minimum absolute atomic E-state index is 0.0112. The van der Waals surface area contributed by atoms with Crippen LogP contribution < -0.4 is 5.32 Å². The lowest BCUT2D eigenvalue weighted by molar-refractivity contribution is -0.192. The number of hydrogen-bond acceptors (Lipinski definition) is 7. The van der Waals surface area contributed by atoms with Crippen molar-refractivity contribution in [3.8, 4) is 0 Å². The third kappa shape index (κ3) is 7.77. The van der Waals surface area contributed by atoms with Crippen LogP contribution in [0.4, 0.5) is 19.0 Å². The number of aromatic nitrogens is 3. The van der Waals surface area contributed by atoms with Gasteiger partial charge in [-0.25, -0.2) is 9.78 Å². The number of carboxylic acids is 2. The van der Waals surface area contributed by atoms with E-state index < -0.39 is 23.5 Å². The molecule has 4 rings (SSSR count). The smallest absolute Gasteiger partial charge is 0.481 e. The molecule has 3 aromatic rings. The van der Waals surface area contributed by atoms with Crippen LogP contribution in [0.2, 0.25) is 0 Å². The molecule has 1 aliphatic rings. The van der Waals surface area contributed by atoms with Crippen LogP contribution in [0.15, 0.2) is 40.9 Å². The van der Waals surface area contributed by atoms with E-state index in [1.54, 1.807) is 0 Å². The second-order valence-electron chi connectivity index (χ2n) is 9.35.